The van der Waals surface area contributed by atoms with Gasteiger partial charge in [0.2, 0.25) is 0 Å². The van der Waals surface area contributed by atoms with Crippen LogP contribution in [0.1, 0.15) is 18.0 Å². The topological polar surface area (TPSA) is 81.0 Å². The number of carbonyl (C=O) groups is 1. The third-order valence-corrected chi connectivity index (χ3v) is 3.99. The first kappa shape index (κ1) is 14.7. The van der Waals surface area contributed by atoms with Crippen LogP contribution in [0.25, 0.3) is 0 Å². The summed E-state index contributed by atoms with van der Waals surface area (Å²) in [6, 6.07) is 5.03. The average Bonchev–Trinajstić information content (AvgIpc) is 2.46. The maximum Gasteiger partial charge on any atom is 0.407 e. The predicted molar refractivity (Wildman–Crippen MR) is 69.6 cm³/mol. The standard InChI is InChI=1S/C14H18FNO4/c15-11-3-1-9(2-4-11)13-12(8-18)10(7-17)5-6-16(13)14(19)20/h1-4,10,12-13,17-18H,5-8H2,(H,19,20). The van der Waals surface area contributed by atoms with Crippen molar-refractivity contribution in [3.8, 4) is 0 Å². The average molecular weight is 283 g/mol. The lowest BCUT2D eigenvalue weighted by Gasteiger charge is -2.43. The molecular formula is C14H18FNO4. The Morgan fingerprint density at radius 2 is 1.90 bits per heavy atom. The Balaban J connectivity index is 2.38. The Labute approximate surface area is 116 Å². The van der Waals surface area contributed by atoms with Crippen LogP contribution >= 0.6 is 0 Å². The summed E-state index contributed by atoms with van der Waals surface area (Å²) in [5.74, 6) is -0.952. The summed E-state index contributed by atoms with van der Waals surface area (Å²) in [4.78, 5) is 12.6. The molecule has 1 heterocycles. The monoisotopic (exact) mass is 283 g/mol. The van der Waals surface area contributed by atoms with E-state index in [-0.39, 0.29) is 19.1 Å². The van der Waals surface area contributed by atoms with Crippen LogP contribution in [0.3, 0.4) is 0 Å². The third kappa shape index (κ3) is 2.76. The fraction of sp³-hybridized carbons (Fsp3) is 0.500. The van der Waals surface area contributed by atoms with E-state index in [2.05, 4.69) is 0 Å². The first-order valence-electron chi connectivity index (χ1n) is 6.55. The minimum atomic E-state index is -1.07. The zero-order valence-corrected chi connectivity index (χ0v) is 10.9. The maximum absolute atomic E-state index is 13.0. The molecule has 2 rings (SSSR count). The van der Waals surface area contributed by atoms with Crippen molar-refractivity contribution in [3.63, 3.8) is 0 Å². The minimum absolute atomic E-state index is 0.101. The van der Waals surface area contributed by atoms with E-state index >= 15 is 0 Å². The number of hydrogen-bond acceptors (Lipinski definition) is 3. The van der Waals surface area contributed by atoms with Crippen molar-refractivity contribution in [1.29, 1.82) is 0 Å². The lowest BCUT2D eigenvalue weighted by molar-refractivity contribution is -0.000636. The molecule has 1 saturated heterocycles. The Hall–Kier alpha value is -1.66. The molecule has 20 heavy (non-hydrogen) atoms. The van der Waals surface area contributed by atoms with Gasteiger partial charge in [0.05, 0.1) is 6.04 Å². The van der Waals surface area contributed by atoms with Gasteiger partial charge in [-0.15, -0.1) is 0 Å². The van der Waals surface area contributed by atoms with Gasteiger partial charge in [0.15, 0.2) is 0 Å². The molecule has 0 saturated carbocycles. The first-order valence-corrected chi connectivity index (χ1v) is 6.55. The minimum Gasteiger partial charge on any atom is -0.465 e. The lowest BCUT2D eigenvalue weighted by Crippen LogP contribution is -2.47. The van der Waals surface area contributed by atoms with Gasteiger partial charge in [-0.25, -0.2) is 9.18 Å². The van der Waals surface area contributed by atoms with Crippen LogP contribution in [-0.4, -0.2) is 46.1 Å². The molecule has 3 N–H and O–H groups in total. The molecule has 0 spiro atoms. The van der Waals surface area contributed by atoms with E-state index in [4.69, 9.17) is 0 Å². The van der Waals surface area contributed by atoms with E-state index in [1.807, 2.05) is 0 Å². The second kappa shape index (κ2) is 6.19. The van der Waals surface area contributed by atoms with Gasteiger partial charge in [-0.3, -0.25) is 0 Å². The molecule has 1 amide bonds. The summed E-state index contributed by atoms with van der Waals surface area (Å²) in [7, 11) is 0. The molecule has 3 unspecified atom stereocenters. The zero-order valence-electron chi connectivity index (χ0n) is 10.9. The summed E-state index contributed by atoms with van der Waals surface area (Å²) >= 11 is 0. The summed E-state index contributed by atoms with van der Waals surface area (Å²) < 4.78 is 13.0. The Morgan fingerprint density at radius 1 is 1.25 bits per heavy atom. The molecule has 0 aromatic heterocycles. The molecule has 1 aromatic rings. The Bertz CT molecular complexity index is 465. The van der Waals surface area contributed by atoms with Crippen molar-refractivity contribution in [2.75, 3.05) is 19.8 Å². The number of amides is 1. The highest BCUT2D eigenvalue weighted by atomic mass is 19.1. The highest BCUT2D eigenvalue weighted by molar-refractivity contribution is 5.66. The molecule has 5 nitrogen and oxygen atoms in total. The molecule has 0 aliphatic carbocycles. The molecule has 1 aliphatic rings. The van der Waals surface area contributed by atoms with E-state index in [0.29, 0.717) is 18.5 Å². The van der Waals surface area contributed by atoms with E-state index < -0.39 is 23.9 Å². The Kier molecular flexibility index (Phi) is 4.57. The van der Waals surface area contributed by atoms with Gasteiger partial charge in [-0.1, -0.05) is 12.1 Å². The molecule has 110 valence electrons. The van der Waals surface area contributed by atoms with Crippen LogP contribution < -0.4 is 0 Å². The third-order valence-electron chi connectivity index (χ3n) is 3.99. The quantitative estimate of drug-likeness (QED) is 0.784. The number of carboxylic acid groups (broad SMARTS) is 1. The van der Waals surface area contributed by atoms with E-state index in [1.165, 1.54) is 29.2 Å². The first-order chi connectivity index (χ1) is 9.58. The molecule has 6 heteroatoms. The van der Waals surface area contributed by atoms with Gasteiger partial charge in [0.25, 0.3) is 0 Å². The SMILES string of the molecule is O=C(O)N1CCC(CO)C(CO)C1c1ccc(F)cc1. The molecular weight excluding hydrogens is 265 g/mol. The summed E-state index contributed by atoms with van der Waals surface area (Å²) in [5, 5.41) is 28.3. The highest BCUT2D eigenvalue weighted by Gasteiger charge is 2.40. The van der Waals surface area contributed by atoms with Crippen molar-refractivity contribution in [2.45, 2.75) is 12.5 Å². The number of halogens is 1. The number of aliphatic hydroxyl groups excluding tert-OH is 2. The van der Waals surface area contributed by atoms with Crippen LogP contribution in [0.4, 0.5) is 9.18 Å². The van der Waals surface area contributed by atoms with Gasteiger partial charge < -0.3 is 20.2 Å². The van der Waals surface area contributed by atoms with Crippen LogP contribution in [0, 0.1) is 17.7 Å². The van der Waals surface area contributed by atoms with Gasteiger partial charge >= 0.3 is 6.09 Å². The number of nitrogens with zero attached hydrogens (tertiary/aromatic N) is 1. The van der Waals surface area contributed by atoms with Crippen molar-refractivity contribution in [3.05, 3.63) is 35.6 Å². The maximum atomic E-state index is 13.0. The van der Waals surface area contributed by atoms with Gasteiger partial charge in [-0.2, -0.15) is 0 Å². The number of aliphatic hydroxyl groups is 2. The van der Waals surface area contributed by atoms with Gasteiger partial charge in [-0.05, 0) is 30.0 Å². The molecule has 1 aromatic carbocycles. The number of hydrogen-bond donors (Lipinski definition) is 3. The summed E-state index contributed by atoms with van der Waals surface area (Å²) in [5.41, 5.74) is 0.631. The molecule has 1 fully saturated rings. The van der Waals surface area contributed by atoms with Crippen molar-refractivity contribution < 1.29 is 24.5 Å². The molecule has 0 bridgehead atoms. The highest BCUT2D eigenvalue weighted by Crippen LogP contribution is 2.39. The smallest absolute Gasteiger partial charge is 0.407 e. The van der Waals surface area contributed by atoms with Crippen LogP contribution in [-0.2, 0) is 0 Å². The van der Waals surface area contributed by atoms with Crippen molar-refractivity contribution >= 4 is 6.09 Å². The van der Waals surface area contributed by atoms with E-state index in [9.17, 15) is 24.5 Å². The van der Waals surface area contributed by atoms with Crippen LogP contribution in [0.2, 0.25) is 0 Å². The number of rotatable bonds is 3. The summed E-state index contributed by atoms with van der Waals surface area (Å²) in [6.07, 6.45) is -0.569. The second-order valence-electron chi connectivity index (χ2n) is 5.05. The number of benzene rings is 1. The normalized spacial score (nSPS) is 26.6. The molecule has 0 radical (unpaired) electrons. The second-order valence-corrected chi connectivity index (χ2v) is 5.05. The van der Waals surface area contributed by atoms with E-state index in [1.54, 1.807) is 0 Å². The van der Waals surface area contributed by atoms with Crippen molar-refractivity contribution in [1.82, 2.24) is 4.90 Å². The number of likely N-dealkylation sites (tertiary alicyclic amines) is 1. The fourth-order valence-electron chi connectivity index (χ4n) is 2.92. The van der Waals surface area contributed by atoms with Gasteiger partial charge in [0, 0.05) is 25.7 Å². The van der Waals surface area contributed by atoms with Crippen LogP contribution in [0.15, 0.2) is 24.3 Å². The Morgan fingerprint density at radius 3 is 2.40 bits per heavy atom. The largest absolute Gasteiger partial charge is 0.465 e. The molecule has 3 atom stereocenters. The lowest BCUT2D eigenvalue weighted by atomic mass is 9.77. The summed E-state index contributed by atoms with van der Waals surface area (Å²) in [6.45, 7) is -0.0352. The zero-order chi connectivity index (χ0) is 14.7. The van der Waals surface area contributed by atoms with Crippen molar-refractivity contribution in [2.24, 2.45) is 11.8 Å². The van der Waals surface area contributed by atoms with E-state index in [0.717, 1.165) is 0 Å². The number of piperidine rings is 1. The predicted octanol–water partition coefficient (Wildman–Crippen LogP) is 1.47. The van der Waals surface area contributed by atoms with Gasteiger partial charge in [0.1, 0.15) is 5.82 Å². The van der Waals surface area contributed by atoms with Crippen LogP contribution in [0.5, 0.6) is 0 Å². The molecule has 1 aliphatic heterocycles. The fourth-order valence-corrected chi connectivity index (χ4v) is 2.92.